The summed E-state index contributed by atoms with van der Waals surface area (Å²) >= 11 is 6.95. The molecule has 51 heavy (non-hydrogen) atoms. The number of ether oxygens (including phenoxy) is 4. The van der Waals surface area contributed by atoms with Crippen LogP contribution in [0.2, 0.25) is 5.02 Å². The third kappa shape index (κ3) is 8.10. The SMILES string of the molecule is Cc1c(COc2cc(OCc3cccc(C#N)c3)c(CN3CCCCC3C(=O)N3CCNCC3)cc2Cl)cccc1-c1ccc2c(c1)OCCO2. The molecule has 3 heterocycles. The number of nitriles is 1. The van der Waals surface area contributed by atoms with Gasteiger partial charge in [0.05, 0.1) is 22.7 Å². The monoisotopic (exact) mass is 706 g/mol. The lowest BCUT2D eigenvalue weighted by Crippen LogP contribution is -2.55. The Morgan fingerprint density at radius 1 is 0.902 bits per heavy atom. The molecule has 2 fully saturated rings. The largest absolute Gasteiger partial charge is 0.488 e. The predicted molar refractivity (Wildman–Crippen MR) is 196 cm³/mol. The molecule has 9 nitrogen and oxygen atoms in total. The maximum absolute atomic E-state index is 13.7. The molecule has 1 amide bonds. The summed E-state index contributed by atoms with van der Waals surface area (Å²) in [6, 6.07) is 25.4. The second kappa shape index (κ2) is 16.1. The summed E-state index contributed by atoms with van der Waals surface area (Å²) in [6.07, 6.45) is 2.89. The van der Waals surface area contributed by atoms with Gasteiger partial charge in [0.15, 0.2) is 11.5 Å². The Balaban J connectivity index is 1.13. The average molecular weight is 707 g/mol. The fourth-order valence-corrected chi connectivity index (χ4v) is 7.37. The molecule has 3 aliphatic heterocycles. The van der Waals surface area contributed by atoms with Crippen molar-refractivity contribution in [3.63, 3.8) is 0 Å². The van der Waals surface area contributed by atoms with Crippen LogP contribution in [0.15, 0.2) is 72.8 Å². The minimum atomic E-state index is -0.184. The van der Waals surface area contributed by atoms with Crippen LogP contribution < -0.4 is 24.3 Å². The van der Waals surface area contributed by atoms with E-state index in [2.05, 4.69) is 41.4 Å². The summed E-state index contributed by atoms with van der Waals surface area (Å²) in [7, 11) is 0. The molecule has 0 aliphatic carbocycles. The molecule has 0 aromatic heterocycles. The number of halogens is 1. The Kier molecular flexibility index (Phi) is 10.9. The van der Waals surface area contributed by atoms with Gasteiger partial charge in [0, 0.05) is 44.4 Å². The van der Waals surface area contributed by atoms with Crippen molar-refractivity contribution in [3.05, 3.63) is 106 Å². The molecule has 2 saturated heterocycles. The van der Waals surface area contributed by atoms with E-state index < -0.39 is 0 Å². The topological polar surface area (TPSA) is 96.3 Å². The first-order chi connectivity index (χ1) is 25.0. The number of hydrogen-bond donors (Lipinski definition) is 1. The van der Waals surface area contributed by atoms with Crippen LogP contribution in [0.5, 0.6) is 23.0 Å². The number of piperidine rings is 1. The predicted octanol–water partition coefficient (Wildman–Crippen LogP) is 6.90. The molecule has 264 valence electrons. The second-order valence-electron chi connectivity index (χ2n) is 13.3. The average Bonchev–Trinajstić information content (AvgIpc) is 3.18. The summed E-state index contributed by atoms with van der Waals surface area (Å²) in [6.45, 7) is 8.21. The van der Waals surface area contributed by atoms with Gasteiger partial charge in [-0.3, -0.25) is 9.69 Å². The molecule has 1 unspecified atom stereocenters. The van der Waals surface area contributed by atoms with Gasteiger partial charge in [-0.2, -0.15) is 5.26 Å². The lowest BCUT2D eigenvalue weighted by atomic mass is 9.96. The van der Waals surface area contributed by atoms with Gasteiger partial charge in [-0.15, -0.1) is 0 Å². The smallest absolute Gasteiger partial charge is 0.240 e. The lowest BCUT2D eigenvalue weighted by Gasteiger charge is -2.39. The summed E-state index contributed by atoms with van der Waals surface area (Å²) in [5.74, 6) is 2.86. The molecule has 0 spiro atoms. The number of amides is 1. The Labute approximate surface area is 304 Å². The first kappa shape index (κ1) is 34.7. The van der Waals surface area contributed by atoms with Crippen LogP contribution in [-0.4, -0.2) is 67.7 Å². The van der Waals surface area contributed by atoms with E-state index in [4.69, 9.17) is 30.5 Å². The van der Waals surface area contributed by atoms with E-state index in [1.54, 1.807) is 6.07 Å². The van der Waals surface area contributed by atoms with Gasteiger partial charge < -0.3 is 29.2 Å². The highest BCUT2D eigenvalue weighted by Crippen LogP contribution is 2.38. The Morgan fingerprint density at radius 2 is 1.71 bits per heavy atom. The first-order valence-corrected chi connectivity index (χ1v) is 18.1. The first-order valence-electron chi connectivity index (χ1n) is 17.8. The number of hydrogen-bond acceptors (Lipinski definition) is 8. The van der Waals surface area contributed by atoms with E-state index in [1.807, 2.05) is 53.4 Å². The summed E-state index contributed by atoms with van der Waals surface area (Å²) < 4.78 is 24.4. The van der Waals surface area contributed by atoms with Crippen LogP contribution in [-0.2, 0) is 24.6 Å². The van der Waals surface area contributed by atoms with Crippen LogP contribution in [0.25, 0.3) is 11.1 Å². The number of carbonyl (C=O) groups excluding carboxylic acids is 1. The zero-order valence-corrected chi connectivity index (χ0v) is 29.7. The zero-order chi connectivity index (χ0) is 35.2. The Bertz CT molecular complexity index is 1920. The molecular weight excluding hydrogens is 664 g/mol. The molecular formula is C41H43ClN4O5. The molecule has 10 heteroatoms. The second-order valence-corrected chi connectivity index (χ2v) is 13.7. The molecule has 0 radical (unpaired) electrons. The molecule has 0 saturated carbocycles. The van der Waals surface area contributed by atoms with E-state index in [0.717, 1.165) is 96.9 Å². The standard InChI is InChI=1S/C41H43ClN4O5/c1-28-32(8-5-9-34(28)31-11-12-37-40(22-31)49-19-18-48-37)27-51-39-23-38(50-26-30-7-4-6-29(20-30)24-43)33(21-35(39)42)25-46-15-3-2-10-36(46)41(47)45-16-13-44-14-17-45/h4-9,11-12,20-23,36,44H,2-3,10,13-19,25-27H2,1H3. The fraction of sp³-hybridized carbons (Fsp3) is 0.366. The molecule has 7 rings (SSSR count). The van der Waals surface area contributed by atoms with E-state index in [-0.39, 0.29) is 18.6 Å². The van der Waals surface area contributed by atoms with Crippen molar-refractivity contribution >= 4 is 17.5 Å². The summed E-state index contributed by atoms with van der Waals surface area (Å²) in [5.41, 5.74) is 6.61. The number of rotatable bonds is 10. The van der Waals surface area contributed by atoms with Crippen molar-refractivity contribution in [2.45, 2.75) is 52.0 Å². The molecule has 4 aromatic carbocycles. The number of carbonyl (C=O) groups is 1. The zero-order valence-electron chi connectivity index (χ0n) is 29.0. The normalized spacial score (nSPS) is 17.4. The minimum Gasteiger partial charge on any atom is -0.488 e. The quantitative estimate of drug-likeness (QED) is 0.190. The van der Waals surface area contributed by atoms with Gasteiger partial charge in [0.25, 0.3) is 0 Å². The number of benzene rings is 4. The molecule has 1 atom stereocenters. The number of fused-ring (bicyclic) bond motifs is 1. The molecule has 0 bridgehead atoms. The highest BCUT2D eigenvalue weighted by Gasteiger charge is 2.33. The van der Waals surface area contributed by atoms with Gasteiger partial charge in [0.1, 0.15) is 37.9 Å². The Morgan fingerprint density at radius 3 is 2.55 bits per heavy atom. The third-order valence-corrected chi connectivity index (χ3v) is 10.2. The van der Waals surface area contributed by atoms with Crippen LogP contribution >= 0.6 is 11.6 Å². The van der Waals surface area contributed by atoms with Crippen molar-refractivity contribution in [3.8, 4) is 40.2 Å². The molecule has 4 aromatic rings. The van der Waals surface area contributed by atoms with Crippen LogP contribution in [0.1, 0.15) is 47.1 Å². The number of piperazine rings is 1. The van der Waals surface area contributed by atoms with Crippen molar-refractivity contribution in [1.82, 2.24) is 15.1 Å². The Hall–Kier alpha value is -4.75. The van der Waals surface area contributed by atoms with E-state index in [1.165, 1.54) is 0 Å². The van der Waals surface area contributed by atoms with Crippen LogP contribution in [0, 0.1) is 18.3 Å². The van der Waals surface area contributed by atoms with E-state index in [0.29, 0.717) is 48.5 Å². The summed E-state index contributed by atoms with van der Waals surface area (Å²) in [5, 5.41) is 13.3. The van der Waals surface area contributed by atoms with Gasteiger partial charge in [-0.05, 0) is 84.5 Å². The maximum Gasteiger partial charge on any atom is 0.240 e. The van der Waals surface area contributed by atoms with Crippen molar-refractivity contribution < 1.29 is 23.7 Å². The summed E-state index contributed by atoms with van der Waals surface area (Å²) in [4.78, 5) is 18.0. The van der Waals surface area contributed by atoms with E-state index >= 15 is 0 Å². The van der Waals surface area contributed by atoms with Crippen molar-refractivity contribution in [2.75, 3.05) is 45.9 Å². The highest BCUT2D eigenvalue weighted by atomic mass is 35.5. The molecule has 3 aliphatic rings. The number of nitrogens with one attached hydrogen (secondary N) is 1. The van der Waals surface area contributed by atoms with Gasteiger partial charge in [0.2, 0.25) is 5.91 Å². The van der Waals surface area contributed by atoms with Crippen LogP contribution in [0.4, 0.5) is 0 Å². The van der Waals surface area contributed by atoms with Crippen LogP contribution in [0.3, 0.4) is 0 Å². The lowest BCUT2D eigenvalue weighted by molar-refractivity contribution is -0.139. The number of nitrogens with zero attached hydrogens (tertiary/aromatic N) is 3. The highest BCUT2D eigenvalue weighted by molar-refractivity contribution is 6.32. The third-order valence-electron chi connectivity index (χ3n) is 9.95. The van der Waals surface area contributed by atoms with E-state index in [9.17, 15) is 10.1 Å². The van der Waals surface area contributed by atoms with Gasteiger partial charge >= 0.3 is 0 Å². The molecule has 1 N–H and O–H groups in total. The fourth-order valence-electron chi connectivity index (χ4n) is 7.13. The van der Waals surface area contributed by atoms with Crippen molar-refractivity contribution in [1.29, 1.82) is 5.26 Å². The van der Waals surface area contributed by atoms with Gasteiger partial charge in [-0.1, -0.05) is 54.4 Å². The maximum atomic E-state index is 13.7. The van der Waals surface area contributed by atoms with Gasteiger partial charge in [-0.25, -0.2) is 0 Å². The minimum absolute atomic E-state index is 0.184. The van der Waals surface area contributed by atoms with Crippen molar-refractivity contribution in [2.24, 2.45) is 0 Å². The number of likely N-dealkylation sites (tertiary alicyclic amines) is 1.